The fraction of sp³-hybridized carbons (Fsp3) is 0.444. The Bertz CT molecular complexity index is 289. The second kappa shape index (κ2) is 5.16. The van der Waals surface area contributed by atoms with Crippen molar-refractivity contribution >= 4 is 11.8 Å². The van der Waals surface area contributed by atoms with E-state index in [9.17, 15) is 4.79 Å². The van der Waals surface area contributed by atoms with Crippen LogP contribution in [0.5, 0.6) is 0 Å². The van der Waals surface area contributed by atoms with Gasteiger partial charge in [0, 0.05) is 12.7 Å². The Morgan fingerprint density at radius 3 is 2.93 bits per heavy atom. The second-order valence-electron chi connectivity index (χ2n) is 2.67. The second-order valence-corrected chi connectivity index (χ2v) is 2.67. The van der Waals surface area contributed by atoms with Gasteiger partial charge in [-0.3, -0.25) is 4.79 Å². The molecule has 0 aromatic carbocycles. The summed E-state index contributed by atoms with van der Waals surface area (Å²) in [5.74, 6) is 0.401. The van der Waals surface area contributed by atoms with Crippen LogP contribution in [0.3, 0.4) is 0 Å². The molecule has 76 valence electrons. The maximum Gasteiger partial charge on any atom is 0.325 e. The molecule has 0 aliphatic rings. The smallest absolute Gasteiger partial charge is 0.325 e. The molecular weight excluding hydrogens is 182 g/mol. The number of methoxy groups -OCH3 is 1. The summed E-state index contributed by atoms with van der Waals surface area (Å²) < 4.78 is 4.58. The highest BCUT2D eigenvalue weighted by Gasteiger charge is 2.10. The van der Waals surface area contributed by atoms with Crippen LogP contribution in [-0.2, 0) is 9.53 Å². The van der Waals surface area contributed by atoms with Crippen LogP contribution in [-0.4, -0.2) is 36.4 Å². The van der Waals surface area contributed by atoms with Gasteiger partial charge < -0.3 is 9.64 Å². The van der Waals surface area contributed by atoms with E-state index in [-0.39, 0.29) is 12.5 Å². The summed E-state index contributed by atoms with van der Waals surface area (Å²) >= 11 is 0. The average molecular weight is 195 g/mol. The zero-order chi connectivity index (χ0) is 10.4. The highest BCUT2D eigenvalue weighted by Crippen LogP contribution is 2.06. The first-order valence-electron chi connectivity index (χ1n) is 4.37. The summed E-state index contributed by atoms with van der Waals surface area (Å²) in [6.45, 7) is 2.83. The number of hydrogen-bond acceptors (Lipinski definition) is 5. The van der Waals surface area contributed by atoms with E-state index in [1.165, 1.54) is 7.11 Å². The van der Waals surface area contributed by atoms with E-state index in [1.54, 1.807) is 23.2 Å². The first-order valence-corrected chi connectivity index (χ1v) is 4.37. The molecule has 0 aliphatic carbocycles. The number of anilines is 1. The molecule has 0 radical (unpaired) electrons. The molecular formula is C9H13N3O2. The molecule has 1 aromatic heterocycles. The molecule has 0 spiro atoms. The van der Waals surface area contributed by atoms with Crippen LogP contribution in [0.2, 0.25) is 0 Å². The molecule has 5 heteroatoms. The molecule has 0 saturated carbocycles. The normalized spacial score (nSPS) is 9.57. The van der Waals surface area contributed by atoms with Crippen molar-refractivity contribution in [3.05, 3.63) is 18.3 Å². The quantitative estimate of drug-likeness (QED) is 0.654. The maximum atomic E-state index is 11.0. The fourth-order valence-electron chi connectivity index (χ4n) is 1.04. The van der Waals surface area contributed by atoms with Gasteiger partial charge in [-0.1, -0.05) is 0 Å². The predicted molar refractivity (Wildman–Crippen MR) is 51.9 cm³/mol. The summed E-state index contributed by atoms with van der Waals surface area (Å²) in [5, 5.41) is 7.65. The van der Waals surface area contributed by atoms with Crippen molar-refractivity contribution in [2.24, 2.45) is 0 Å². The lowest BCUT2D eigenvalue weighted by Gasteiger charge is -2.19. The van der Waals surface area contributed by atoms with Gasteiger partial charge in [0.1, 0.15) is 6.54 Å². The molecule has 5 nitrogen and oxygen atoms in total. The van der Waals surface area contributed by atoms with Crippen LogP contribution in [0.25, 0.3) is 0 Å². The zero-order valence-electron chi connectivity index (χ0n) is 8.30. The van der Waals surface area contributed by atoms with E-state index in [2.05, 4.69) is 14.9 Å². The SMILES string of the molecule is CCN(CC(=O)OC)c1cccnn1. The van der Waals surface area contributed by atoms with Gasteiger partial charge >= 0.3 is 5.97 Å². The predicted octanol–water partition coefficient (Wildman–Crippen LogP) is 0.476. The number of likely N-dealkylation sites (N-methyl/N-ethyl adjacent to an activating group) is 1. The van der Waals surface area contributed by atoms with Crippen LogP contribution in [0.1, 0.15) is 6.92 Å². The van der Waals surface area contributed by atoms with Crippen molar-refractivity contribution in [1.82, 2.24) is 10.2 Å². The number of esters is 1. The number of carbonyl (C=O) groups is 1. The Hall–Kier alpha value is -1.65. The molecule has 0 unspecified atom stereocenters. The Morgan fingerprint density at radius 2 is 2.43 bits per heavy atom. The van der Waals surface area contributed by atoms with Gasteiger partial charge in [0.2, 0.25) is 0 Å². The van der Waals surface area contributed by atoms with Gasteiger partial charge in [0.25, 0.3) is 0 Å². The summed E-state index contributed by atoms with van der Waals surface area (Å²) in [4.78, 5) is 12.8. The molecule has 1 heterocycles. The molecule has 1 rings (SSSR count). The average Bonchev–Trinajstić information content (AvgIpc) is 2.26. The topological polar surface area (TPSA) is 55.3 Å². The van der Waals surface area contributed by atoms with Gasteiger partial charge in [-0.05, 0) is 19.1 Å². The third-order valence-corrected chi connectivity index (χ3v) is 1.81. The van der Waals surface area contributed by atoms with Crippen LogP contribution in [0, 0.1) is 0 Å². The van der Waals surface area contributed by atoms with E-state index in [0.717, 1.165) is 0 Å². The van der Waals surface area contributed by atoms with Crippen LogP contribution >= 0.6 is 0 Å². The molecule has 0 N–H and O–H groups in total. The molecule has 1 aromatic rings. The lowest BCUT2D eigenvalue weighted by Crippen LogP contribution is -2.31. The van der Waals surface area contributed by atoms with E-state index in [0.29, 0.717) is 12.4 Å². The van der Waals surface area contributed by atoms with Crippen molar-refractivity contribution in [3.8, 4) is 0 Å². The van der Waals surface area contributed by atoms with Gasteiger partial charge in [-0.2, -0.15) is 5.10 Å². The van der Waals surface area contributed by atoms with Crippen molar-refractivity contribution in [2.45, 2.75) is 6.92 Å². The molecule has 0 amide bonds. The molecule has 0 atom stereocenters. The Labute approximate surface area is 82.7 Å². The van der Waals surface area contributed by atoms with E-state index in [1.807, 2.05) is 6.92 Å². The monoisotopic (exact) mass is 195 g/mol. The number of aromatic nitrogens is 2. The van der Waals surface area contributed by atoms with Crippen molar-refractivity contribution in [3.63, 3.8) is 0 Å². The lowest BCUT2D eigenvalue weighted by molar-refractivity contribution is -0.138. The fourth-order valence-corrected chi connectivity index (χ4v) is 1.04. The molecule has 0 fully saturated rings. The first-order chi connectivity index (χ1) is 6.77. The Kier molecular flexibility index (Phi) is 3.84. The highest BCUT2D eigenvalue weighted by atomic mass is 16.5. The summed E-state index contributed by atoms with van der Waals surface area (Å²) in [5.41, 5.74) is 0. The van der Waals surface area contributed by atoms with Gasteiger partial charge in [-0.25, -0.2) is 0 Å². The number of nitrogens with zero attached hydrogens (tertiary/aromatic N) is 3. The van der Waals surface area contributed by atoms with Gasteiger partial charge in [0.15, 0.2) is 5.82 Å². The van der Waals surface area contributed by atoms with E-state index >= 15 is 0 Å². The number of rotatable bonds is 4. The minimum absolute atomic E-state index is 0.200. The molecule has 14 heavy (non-hydrogen) atoms. The summed E-state index contributed by atoms with van der Waals surface area (Å²) in [6, 6.07) is 3.59. The van der Waals surface area contributed by atoms with Crippen molar-refractivity contribution in [1.29, 1.82) is 0 Å². The van der Waals surface area contributed by atoms with Gasteiger partial charge in [-0.15, -0.1) is 5.10 Å². The van der Waals surface area contributed by atoms with E-state index < -0.39 is 0 Å². The maximum absolute atomic E-state index is 11.0. The standard InChI is InChI=1S/C9H13N3O2/c1-3-12(7-9(13)14-2)8-5-4-6-10-11-8/h4-6H,3,7H2,1-2H3. The highest BCUT2D eigenvalue weighted by molar-refractivity contribution is 5.75. The Balaban J connectivity index is 2.68. The zero-order valence-corrected chi connectivity index (χ0v) is 8.30. The van der Waals surface area contributed by atoms with Crippen molar-refractivity contribution in [2.75, 3.05) is 25.1 Å². The first kappa shape index (κ1) is 10.4. The molecule has 0 bridgehead atoms. The summed E-state index contributed by atoms with van der Waals surface area (Å²) in [6.07, 6.45) is 1.59. The molecule has 0 aliphatic heterocycles. The van der Waals surface area contributed by atoms with Crippen LogP contribution in [0.4, 0.5) is 5.82 Å². The lowest BCUT2D eigenvalue weighted by atomic mass is 10.4. The van der Waals surface area contributed by atoms with Crippen LogP contribution in [0.15, 0.2) is 18.3 Å². The third-order valence-electron chi connectivity index (χ3n) is 1.81. The van der Waals surface area contributed by atoms with E-state index in [4.69, 9.17) is 0 Å². The number of hydrogen-bond donors (Lipinski definition) is 0. The minimum atomic E-state index is -0.280. The Morgan fingerprint density at radius 1 is 1.64 bits per heavy atom. The summed E-state index contributed by atoms with van der Waals surface area (Å²) in [7, 11) is 1.37. The third kappa shape index (κ3) is 2.69. The van der Waals surface area contributed by atoms with Gasteiger partial charge in [0.05, 0.1) is 7.11 Å². The van der Waals surface area contributed by atoms with Crippen LogP contribution < -0.4 is 4.90 Å². The minimum Gasteiger partial charge on any atom is -0.468 e. The number of carbonyl (C=O) groups excluding carboxylic acids is 1. The number of ether oxygens (including phenoxy) is 1. The largest absolute Gasteiger partial charge is 0.468 e. The van der Waals surface area contributed by atoms with Crippen molar-refractivity contribution < 1.29 is 9.53 Å². The molecule has 0 saturated heterocycles.